The Morgan fingerprint density at radius 3 is 2.29 bits per heavy atom. The van der Waals surface area contributed by atoms with Crippen LogP contribution in [-0.4, -0.2) is 30.0 Å². The molecule has 0 aromatic rings. The van der Waals surface area contributed by atoms with E-state index in [0.717, 1.165) is 0 Å². The quantitative estimate of drug-likeness (QED) is 0.536. The zero-order valence-electron chi connectivity index (χ0n) is 9.92. The van der Waals surface area contributed by atoms with Crippen molar-refractivity contribution < 1.29 is 27.8 Å². The normalized spacial score (nSPS) is 13.5. The summed E-state index contributed by atoms with van der Waals surface area (Å²) in [5.41, 5.74) is 0. The molecule has 1 atom stereocenters. The summed E-state index contributed by atoms with van der Waals surface area (Å²) in [5.74, 6) is -0.441. The number of aliphatic hydroxyl groups is 1. The van der Waals surface area contributed by atoms with Crippen molar-refractivity contribution in [3.05, 3.63) is 0 Å². The van der Waals surface area contributed by atoms with Crippen LogP contribution in [0.4, 0.5) is 13.2 Å². The van der Waals surface area contributed by atoms with Crippen LogP contribution in [0.25, 0.3) is 0 Å². The summed E-state index contributed by atoms with van der Waals surface area (Å²) in [6.07, 6.45) is -3.52. The molecule has 0 aromatic heterocycles. The second kappa shape index (κ2) is 8.33. The lowest BCUT2D eigenvalue weighted by Crippen LogP contribution is -2.17. The standard InChI is InChI=1S/C11H19F3O3/c1-9(16)17-10(6-4-8-15)5-2-3-7-11(12,13)14/h10,15H,2-8H2,1H3. The zero-order valence-corrected chi connectivity index (χ0v) is 9.92. The Labute approximate surface area is 99.0 Å². The van der Waals surface area contributed by atoms with E-state index in [-0.39, 0.29) is 19.1 Å². The maximum Gasteiger partial charge on any atom is 0.389 e. The van der Waals surface area contributed by atoms with Gasteiger partial charge in [0.15, 0.2) is 0 Å². The van der Waals surface area contributed by atoms with Gasteiger partial charge in [-0.1, -0.05) is 0 Å². The number of ether oxygens (including phenoxy) is 1. The number of alkyl halides is 3. The maximum absolute atomic E-state index is 11.9. The van der Waals surface area contributed by atoms with Gasteiger partial charge in [-0.05, 0) is 32.1 Å². The SMILES string of the molecule is CC(=O)OC(CCCO)CCCCC(F)(F)F. The van der Waals surface area contributed by atoms with Crippen LogP contribution in [0.1, 0.15) is 45.4 Å². The van der Waals surface area contributed by atoms with E-state index in [2.05, 4.69) is 0 Å². The second-order valence-electron chi connectivity index (χ2n) is 3.96. The van der Waals surface area contributed by atoms with Crippen LogP contribution in [0.3, 0.4) is 0 Å². The monoisotopic (exact) mass is 256 g/mol. The maximum atomic E-state index is 11.9. The molecule has 1 N–H and O–H groups in total. The molecule has 0 bridgehead atoms. The molecule has 0 aliphatic carbocycles. The number of aliphatic hydroxyl groups excluding tert-OH is 1. The molecular weight excluding hydrogens is 237 g/mol. The molecule has 1 unspecified atom stereocenters. The fourth-order valence-corrected chi connectivity index (χ4v) is 1.51. The molecule has 102 valence electrons. The third-order valence-electron chi connectivity index (χ3n) is 2.25. The largest absolute Gasteiger partial charge is 0.463 e. The average molecular weight is 256 g/mol. The Bertz CT molecular complexity index is 216. The first-order valence-corrected chi connectivity index (χ1v) is 5.70. The van der Waals surface area contributed by atoms with Crippen LogP contribution in [0.15, 0.2) is 0 Å². The Morgan fingerprint density at radius 1 is 1.24 bits per heavy atom. The highest BCUT2D eigenvalue weighted by atomic mass is 19.4. The second-order valence-corrected chi connectivity index (χ2v) is 3.96. The number of carbonyl (C=O) groups excluding carboxylic acids is 1. The minimum absolute atomic E-state index is 0.0136. The first kappa shape index (κ1) is 16.2. The molecule has 0 aliphatic rings. The van der Waals surface area contributed by atoms with Crippen LogP contribution in [0.2, 0.25) is 0 Å². The molecular formula is C11H19F3O3. The number of carbonyl (C=O) groups is 1. The third-order valence-corrected chi connectivity index (χ3v) is 2.25. The van der Waals surface area contributed by atoms with E-state index in [9.17, 15) is 18.0 Å². The minimum Gasteiger partial charge on any atom is -0.463 e. The molecule has 6 heteroatoms. The lowest BCUT2D eigenvalue weighted by molar-refractivity contribution is -0.148. The highest BCUT2D eigenvalue weighted by molar-refractivity contribution is 5.66. The van der Waals surface area contributed by atoms with Crippen molar-refractivity contribution in [2.45, 2.75) is 57.7 Å². The van der Waals surface area contributed by atoms with Crippen molar-refractivity contribution >= 4 is 5.97 Å². The topological polar surface area (TPSA) is 46.5 Å². The average Bonchev–Trinajstić information content (AvgIpc) is 2.18. The summed E-state index contributed by atoms with van der Waals surface area (Å²) in [6, 6.07) is 0. The fourth-order valence-electron chi connectivity index (χ4n) is 1.51. The minimum atomic E-state index is -4.12. The van der Waals surface area contributed by atoms with Crippen molar-refractivity contribution in [3.8, 4) is 0 Å². The first-order chi connectivity index (χ1) is 7.85. The number of esters is 1. The Morgan fingerprint density at radius 2 is 1.82 bits per heavy atom. The molecule has 0 aliphatic heterocycles. The van der Waals surface area contributed by atoms with Crippen LogP contribution < -0.4 is 0 Å². The smallest absolute Gasteiger partial charge is 0.389 e. The van der Waals surface area contributed by atoms with Gasteiger partial charge in [-0.25, -0.2) is 0 Å². The number of rotatable bonds is 8. The van der Waals surface area contributed by atoms with Gasteiger partial charge in [0.05, 0.1) is 0 Å². The van der Waals surface area contributed by atoms with Crippen molar-refractivity contribution in [3.63, 3.8) is 0 Å². The molecule has 0 saturated carbocycles. The number of hydrogen-bond donors (Lipinski definition) is 1. The number of hydrogen-bond acceptors (Lipinski definition) is 3. The molecule has 17 heavy (non-hydrogen) atoms. The van der Waals surface area contributed by atoms with E-state index >= 15 is 0 Å². The van der Waals surface area contributed by atoms with Crippen molar-refractivity contribution in [1.29, 1.82) is 0 Å². The van der Waals surface area contributed by atoms with Crippen LogP contribution >= 0.6 is 0 Å². The zero-order chi connectivity index (χ0) is 13.3. The highest BCUT2D eigenvalue weighted by Gasteiger charge is 2.26. The summed E-state index contributed by atoms with van der Waals surface area (Å²) in [7, 11) is 0. The summed E-state index contributed by atoms with van der Waals surface area (Å²) >= 11 is 0. The Balaban J connectivity index is 3.78. The highest BCUT2D eigenvalue weighted by Crippen LogP contribution is 2.23. The molecule has 0 saturated heterocycles. The fraction of sp³-hybridized carbons (Fsp3) is 0.909. The van der Waals surface area contributed by atoms with E-state index in [1.165, 1.54) is 6.92 Å². The predicted molar refractivity (Wildman–Crippen MR) is 56.4 cm³/mol. The summed E-state index contributed by atoms with van der Waals surface area (Å²) in [5, 5.41) is 8.64. The lowest BCUT2D eigenvalue weighted by Gasteiger charge is -2.16. The molecule has 3 nitrogen and oxygen atoms in total. The predicted octanol–water partition coefficient (Wildman–Crippen LogP) is 2.81. The summed E-state index contributed by atoms with van der Waals surface area (Å²) in [6.45, 7) is 1.25. The van der Waals surface area contributed by atoms with Gasteiger partial charge in [0.1, 0.15) is 6.10 Å². The van der Waals surface area contributed by atoms with Gasteiger partial charge in [0.25, 0.3) is 0 Å². The molecule has 0 heterocycles. The van der Waals surface area contributed by atoms with Crippen LogP contribution in [0.5, 0.6) is 0 Å². The Hall–Kier alpha value is -0.780. The van der Waals surface area contributed by atoms with E-state index in [0.29, 0.717) is 25.7 Å². The van der Waals surface area contributed by atoms with Crippen molar-refractivity contribution in [2.75, 3.05) is 6.61 Å². The van der Waals surface area contributed by atoms with Gasteiger partial charge in [-0.2, -0.15) is 13.2 Å². The molecule has 0 rings (SSSR count). The molecule has 0 amide bonds. The molecule has 0 spiro atoms. The van der Waals surface area contributed by atoms with Crippen molar-refractivity contribution in [1.82, 2.24) is 0 Å². The third kappa shape index (κ3) is 11.5. The van der Waals surface area contributed by atoms with E-state index in [1.54, 1.807) is 0 Å². The lowest BCUT2D eigenvalue weighted by atomic mass is 10.1. The van der Waals surface area contributed by atoms with Crippen molar-refractivity contribution in [2.24, 2.45) is 0 Å². The van der Waals surface area contributed by atoms with Crippen LogP contribution in [0, 0.1) is 0 Å². The first-order valence-electron chi connectivity index (χ1n) is 5.70. The van der Waals surface area contributed by atoms with Crippen LogP contribution in [-0.2, 0) is 9.53 Å². The molecule has 0 radical (unpaired) electrons. The van der Waals surface area contributed by atoms with E-state index in [1.807, 2.05) is 0 Å². The van der Waals surface area contributed by atoms with Gasteiger partial charge >= 0.3 is 12.1 Å². The Kier molecular flexibility index (Phi) is 7.95. The van der Waals surface area contributed by atoms with Gasteiger partial charge < -0.3 is 9.84 Å². The summed E-state index contributed by atoms with van der Waals surface area (Å²) < 4.78 is 40.6. The van der Waals surface area contributed by atoms with Gasteiger partial charge in [-0.15, -0.1) is 0 Å². The number of unbranched alkanes of at least 4 members (excludes halogenated alkanes) is 1. The molecule has 0 fully saturated rings. The van der Waals surface area contributed by atoms with E-state index in [4.69, 9.17) is 9.84 Å². The molecule has 0 aromatic carbocycles. The van der Waals surface area contributed by atoms with Gasteiger partial charge in [-0.3, -0.25) is 4.79 Å². The summed E-state index contributed by atoms with van der Waals surface area (Å²) in [4.78, 5) is 10.7. The van der Waals surface area contributed by atoms with Gasteiger partial charge in [0, 0.05) is 20.0 Å². The van der Waals surface area contributed by atoms with E-state index < -0.39 is 18.6 Å². The number of halogens is 3. The van der Waals surface area contributed by atoms with Gasteiger partial charge in [0.2, 0.25) is 0 Å².